The van der Waals surface area contributed by atoms with E-state index in [0.29, 0.717) is 31.6 Å². The summed E-state index contributed by atoms with van der Waals surface area (Å²) in [6.07, 6.45) is 0.652. The van der Waals surface area contributed by atoms with Crippen molar-refractivity contribution in [2.75, 3.05) is 18.0 Å². The highest BCUT2D eigenvalue weighted by Gasteiger charge is 2.37. The van der Waals surface area contributed by atoms with Crippen LogP contribution in [-0.2, 0) is 21.4 Å². The molecule has 4 rings (SSSR count). The van der Waals surface area contributed by atoms with Crippen LogP contribution in [0.5, 0.6) is 0 Å². The lowest BCUT2D eigenvalue weighted by Crippen LogP contribution is -2.55. The minimum Gasteiger partial charge on any atom is -0.444 e. The SMILES string of the molecule is Cc1cccc2c1N(C1CCN(S(=O)(=O)c3ccc([NH+]=O)cc3)CC1)C(=O)OC2. The van der Waals surface area contributed by atoms with Gasteiger partial charge in [0, 0.05) is 46.9 Å². The van der Waals surface area contributed by atoms with E-state index < -0.39 is 10.0 Å². The van der Waals surface area contributed by atoms with E-state index >= 15 is 0 Å². The Bertz CT molecular complexity index is 1040. The third-order valence-corrected chi connectivity index (χ3v) is 7.42. The summed E-state index contributed by atoms with van der Waals surface area (Å²) >= 11 is 0. The van der Waals surface area contributed by atoms with Crippen LogP contribution in [0.25, 0.3) is 0 Å². The normalized spacial score (nSPS) is 18.2. The summed E-state index contributed by atoms with van der Waals surface area (Å²) < 4.78 is 32.6. The minimum atomic E-state index is -3.65. The van der Waals surface area contributed by atoms with Crippen molar-refractivity contribution in [1.82, 2.24) is 4.31 Å². The minimum absolute atomic E-state index is 0.124. The molecule has 0 unspecified atom stereocenters. The van der Waals surface area contributed by atoms with Crippen molar-refractivity contribution in [2.45, 2.75) is 37.3 Å². The lowest BCUT2D eigenvalue weighted by Gasteiger charge is -2.40. The van der Waals surface area contributed by atoms with Crippen LogP contribution in [0.1, 0.15) is 24.0 Å². The maximum Gasteiger partial charge on any atom is 0.414 e. The molecule has 8 nitrogen and oxygen atoms in total. The van der Waals surface area contributed by atoms with E-state index in [9.17, 15) is 18.1 Å². The number of cyclic esters (lactones) is 1. The van der Waals surface area contributed by atoms with E-state index in [4.69, 9.17) is 4.74 Å². The van der Waals surface area contributed by atoms with Crippen molar-refractivity contribution in [3.8, 4) is 0 Å². The molecule has 1 fully saturated rings. The van der Waals surface area contributed by atoms with Gasteiger partial charge in [-0.05, 0) is 37.5 Å². The number of benzene rings is 2. The number of nitrogens with zero attached hydrogens (tertiary/aromatic N) is 2. The summed E-state index contributed by atoms with van der Waals surface area (Å²) in [6.45, 7) is 2.83. The number of hydrogen-bond acceptors (Lipinski definition) is 5. The number of aryl methyl sites for hydroxylation is 1. The Morgan fingerprint density at radius 3 is 2.41 bits per heavy atom. The number of nitrogens with one attached hydrogen (secondary N) is 1. The van der Waals surface area contributed by atoms with Crippen LogP contribution in [0, 0.1) is 11.8 Å². The monoisotopic (exact) mass is 416 g/mol. The molecular formula is C20H22N3O5S+. The molecule has 2 heterocycles. The van der Waals surface area contributed by atoms with E-state index in [1.807, 2.05) is 25.1 Å². The number of rotatable bonds is 4. The van der Waals surface area contributed by atoms with Crippen molar-refractivity contribution in [3.05, 3.63) is 58.5 Å². The van der Waals surface area contributed by atoms with E-state index in [1.54, 1.807) is 10.1 Å². The molecule has 0 spiro atoms. The number of carbonyl (C=O) groups is 1. The number of amides is 1. The summed E-state index contributed by atoms with van der Waals surface area (Å²) in [5.74, 6) is 0. The zero-order valence-corrected chi connectivity index (χ0v) is 16.8. The first-order valence-corrected chi connectivity index (χ1v) is 10.9. The van der Waals surface area contributed by atoms with Crippen molar-refractivity contribution in [2.24, 2.45) is 0 Å². The second kappa shape index (κ2) is 7.57. The molecule has 152 valence electrons. The molecule has 29 heavy (non-hydrogen) atoms. The standard InChI is InChI=1S/C20H21N3O5S/c1-14-3-2-4-15-13-28-20(24)23(19(14)15)17-9-11-22(12-10-17)29(26,27)18-7-5-16(21-25)6-8-18/h2-8,17H,9-13H2,1H3/p+1. The molecule has 0 aliphatic carbocycles. The molecule has 9 heteroatoms. The Labute approximate surface area is 169 Å². The number of sulfonamides is 1. The van der Waals surface area contributed by atoms with Crippen molar-refractivity contribution in [1.29, 1.82) is 0 Å². The van der Waals surface area contributed by atoms with E-state index in [1.165, 1.54) is 28.6 Å². The number of para-hydroxylation sites is 1. The van der Waals surface area contributed by atoms with Crippen LogP contribution >= 0.6 is 0 Å². The predicted molar refractivity (Wildman–Crippen MR) is 106 cm³/mol. The van der Waals surface area contributed by atoms with Crippen molar-refractivity contribution < 1.29 is 23.1 Å². The first-order valence-electron chi connectivity index (χ1n) is 9.44. The number of fused-ring (bicyclic) bond motifs is 1. The molecule has 1 amide bonds. The summed E-state index contributed by atoms with van der Waals surface area (Å²) in [5.41, 5.74) is 3.15. The first-order chi connectivity index (χ1) is 13.9. The fourth-order valence-electron chi connectivity index (χ4n) is 4.00. The number of nitroso groups, excluding NO2 is 1. The molecule has 0 atom stereocenters. The van der Waals surface area contributed by atoms with Gasteiger partial charge in [0.25, 0.3) is 5.69 Å². The van der Waals surface area contributed by atoms with Gasteiger partial charge < -0.3 is 4.74 Å². The smallest absolute Gasteiger partial charge is 0.414 e. The van der Waals surface area contributed by atoms with Gasteiger partial charge in [-0.1, -0.05) is 18.2 Å². The van der Waals surface area contributed by atoms with Crippen LogP contribution in [-0.4, -0.2) is 37.9 Å². The maximum absolute atomic E-state index is 12.9. The van der Waals surface area contributed by atoms with Crippen LogP contribution in [0.15, 0.2) is 47.4 Å². The molecule has 1 saturated heterocycles. The van der Waals surface area contributed by atoms with E-state index in [-0.39, 0.29) is 23.6 Å². The molecule has 1 N–H and O–H groups in total. The molecular weight excluding hydrogens is 394 g/mol. The van der Waals surface area contributed by atoms with Gasteiger partial charge >= 0.3 is 6.09 Å². The van der Waals surface area contributed by atoms with E-state index in [0.717, 1.165) is 16.8 Å². The van der Waals surface area contributed by atoms with Gasteiger partial charge in [-0.3, -0.25) is 4.90 Å². The maximum atomic E-state index is 12.9. The topological polar surface area (TPSA) is 98.0 Å². The second-order valence-electron chi connectivity index (χ2n) is 7.27. The van der Waals surface area contributed by atoms with Crippen molar-refractivity contribution in [3.63, 3.8) is 0 Å². The van der Waals surface area contributed by atoms with E-state index in [2.05, 4.69) is 0 Å². The number of anilines is 1. The third kappa shape index (κ3) is 3.51. The predicted octanol–water partition coefficient (Wildman–Crippen LogP) is 1.78. The third-order valence-electron chi connectivity index (χ3n) is 5.51. The van der Waals surface area contributed by atoms with Gasteiger partial charge in [0.05, 0.1) is 10.6 Å². The van der Waals surface area contributed by atoms with Gasteiger partial charge in [-0.15, -0.1) is 0 Å². The van der Waals surface area contributed by atoms with Crippen LogP contribution < -0.4 is 10.1 Å². The Kier molecular flexibility index (Phi) is 5.10. The molecule has 0 saturated carbocycles. The van der Waals surface area contributed by atoms with Gasteiger partial charge in [0.15, 0.2) is 0 Å². The van der Waals surface area contributed by atoms with Gasteiger partial charge in [-0.25, -0.2) is 13.2 Å². The van der Waals surface area contributed by atoms with Crippen LogP contribution in [0.4, 0.5) is 16.2 Å². The number of ether oxygens (including phenoxy) is 1. The summed E-state index contributed by atoms with van der Waals surface area (Å²) in [6, 6.07) is 11.4. The molecule has 2 aromatic rings. The van der Waals surface area contributed by atoms with Crippen LogP contribution in [0.3, 0.4) is 0 Å². The highest BCUT2D eigenvalue weighted by atomic mass is 32.2. The molecule has 2 aromatic carbocycles. The molecule has 0 aromatic heterocycles. The van der Waals surface area contributed by atoms with Gasteiger partial charge in [-0.2, -0.15) is 4.31 Å². The van der Waals surface area contributed by atoms with Gasteiger partial charge in [0.2, 0.25) is 10.0 Å². The zero-order chi connectivity index (χ0) is 20.6. The lowest BCUT2D eigenvalue weighted by molar-refractivity contribution is -0.379. The average molecular weight is 416 g/mol. The Morgan fingerprint density at radius 2 is 1.76 bits per heavy atom. The molecule has 2 aliphatic heterocycles. The summed E-state index contributed by atoms with van der Waals surface area (Å²) in [7, 11) is -3.65. The lowest BCUT2D eigenvalue weighted by atomic mass is 10.00. The number of carbonyl (C=O) groups excluding carboxylic acids is 1. The zero-order valence-electron chi connectivity index (χ0n) is 16.0. The Morgan fingerprint density at radius 1 is 1.07 bits per heavy atom. The molecule has 2 aliphatic rings. The molecule has 0 radical (unpaired) electrons. The first kappa shape index (κ1) is 19.5. The average Bonchev–Trinajstić information content (AvgIpc) is 2.74. The Balaban J connectivity index is 1.53. The highest BCUT2D eigenvalue weighted by Crippen LogP contribution is 2.35. The highest BCUT2D eigenvalue weighted by molar-refractivity contribution is 7.89. The second-order valence-corrected chi connectivity index (χ2v) is 9.21. The number of hydrogen-bond donors (Lipinski definition) is 1. The fourth-order valence-corrected chi connectivity index (χ4v) is 5.47. The summed E-state index contributed by atoms with van der Waals surface area (Å²) in [5, 5.41) is 1.74. The quantitative estimate of drug-likeness (QED) is 0.819. The molecule has 0 bridgehead atoms. The summed E-state index contributed by atoms with van der Waals surface area (Å²) in [4.78, 5) is 25.0. The van der Waals surface area contributed by atoms with Crippen LogP contribution in [0.2, 0.25) is 0 Å². The fraction of sp³-hybridized carbons (Fsp3) is 0.350. The number of piperidine rings is 1. The van der Waals surface area contributed by atoms with Gasteiger partial charge in [0.1, 0.15) is 6.61 Å². The Hall–Kier alpha value is -2.78. The van der Waals surface area contributed by atoms with Crippen molar-refractivity contribution >= 4 is 27.5 Å². The largest absolute Gasteiger partial charge is 0.444 e.